The highest BCUT2D eigenvalue weighted by molar-refractivity contribution is 5.97. The number of fused-ring (bicyclic) bond motifs is 3. The van der Waals surface area contributed by atoms with Crippen LogP contribution in [0.25, 0.3) is 11.1 Å². The number of carboxylic acid groups (broad SMARTS) is 1. The molecule has 0 unspecified atom stereocenters. The van der Waals surface area contributed by atoms with Crippen LogP contribution in [0.5, 0.6) is 0 Å². The Morgan fingerprint density at radius 1 is 1.04 bits per heavy atom. The van der Waals surface area contributed by atoms with Crippen LogP contribution in [0, 0.1) is 5.92 Å². The fourth-order valence-corrected chi connectivity index (χ4v) is 3.36. The zero-order valence-corrected chi connectivity index (χ0v) is 13.8. The van der Waals surface area contributed by atoms with Crippen LogP contribution >= 0.6 is 0 Å². The van der Waals surface area contributed by atoms with Crippen molar-refractivity contribution >= 4 is 11.9 Å². The molecule has 3 rings (SSSR count). The lowest BCUT2D eigenvalue weighted by molar-refractivity contribution is -0.143. The van der Waals surface area contributed by atoms with Crippen LogP contribution in [0.2, 0.25) is 0 Å². The molecule has 124 valence electrons. The van der Waals surface area contributed by atoms with Crippen LogP contribution in [0.4, 0.5) is 0 Å². The molecule has 4 nitrogen and oxygen atoms in total. The minimum absolute atomic E-state index is 0.127. The van der Waals surface area contributed by atoms with Crippen molar-refractivity contribution in [1.29, 1.82) is 0 Å². The van der Waals surface area contributed by atoms with Gasteiger partial charge in [-0.05, 0) is 28.2 Å². The smallest absolute Gasteiger partial charge is 0.326 e. The molecular weight excluding hydrogens is 302 g/mol. The summed E-state index contributed by atoms with van der Waals surface area (Å²) in [7, 11) is 0. The summed E-state index contributed by atoms with van der Waals surface area (Å²) in [6.07, 6.45) is 0.690. The van der Waals surface area contributed by atoms with Crippen LogP contribution in [0.3, 0.4) is 0 Å². The summed E-state index contributed by atoms with van der Waals surface area (Å²) >= 11 is 0. The fourth-order valence-electron chi connectivity index (χ4n) is 3.36. The highest BCUT2D eigenvalue weighted by atomic mass is 16.4. The quantitative estimate of drug-likeness (QED) is 0.886. The number of carbonyl (C=O) groups excluding carboxylic acids is 1. The number of amides is 1. The van der Waals surface area contributed by atoms with Crippen LogP contribution in [-0.2, 0) is 9.59 Å². The molecule has 0 aliphatic heterocycles. The van der Waals surface area contributed by atoms with E-state index in [1.54, 1.807) is 0 Å². The van der Waals surface area contributed by atoms with E-state index in [4.69, 9.17) is 0 Å². The van der Waals surface area contributed by atoms with E-state index in [-0.39, 0.29) is 11.8 Å². The first-order valence-corrected chi connectivity index (χ1v) is 8.26. The van der Waals surface area contributed by atoms with Crippen molar-refractivity contribution in [2.24, 2.45) is 5.92 Å². The minimum atomic E-state index is -0.989. The largest absolute Gasteiger partial charge is 0.480 e. The van der Waals surface area contributed by atoms with E-state index < -0.39 is 17.9 Å². The Kier molecular flexibility index (Phi) is 4.38. The molecule has 2 aromatic carbocycles. The topological polar surface area (TPSA) is 66.4 Å². The van der Waals surface area contributed by atoms with Gasteiger partial charge in [0.1, 0.15) is 6.04 Å². The third-order valence-electron chi connectivity index (χ3n) is 4.87. The van der Waals surface area contributed by atoms with Gasteiger partial charge in [0.25, 0.3) is 0 Å². The van der Waals surface area contributed by atoms with Gasteiger partial charge in [0.2, 0.25) is 5.91 Å². The number of carboxylic acids is 1. The van der Waals surface area contributed by atoms with Gasteiger partial charge in [0, 0.05) is 0 Å². The Labute approximate surface area is 141 Å². The third kappa shape index (κ3) is 2.68. The van der Waals surface area contributed by atoms with Gasteiger partial charge in [-0.25, -0.2) is 4.79 Å². The Morgan fingerprint density at radius 3 is 2.00 bits per heavy atom. The van der Waals surface area contributed by atoms with E-state index >= 15 is 0 Å². The highest BCUT2D eigenvalue weighted by Crippen LogP contribution is 2.44. The van der Waals surface area contributed by atoms with Crippen LogP contribution in [0.1, 0.15) is 37.3 Å². The van der Waals surface area contributed by atoms with Crippen molar-refractivity contribution in [1.82, 2.24) is 5.32 Å². The van der Waals surface area contributed by atoms with Gasteiger partial charge in [-0.1, -0.05) is 68.8 Å². The summed E-state index contributed by atoms with van der Waals surface area (Å²) in [4.78, 5) is 24.5. The summed E-state index contributed by atoms with van der Waals surface area (Å²) in [5.74, 6) is -1.82. The number of aliphatic carboxylic acids is 1. The SMILES string of the molecule is CC[C@@H](C)[C@H](NC(=O)C1c2ccccc2-c2ccccc21)C(=O)O. The predicted molar refractivity (Wildman–Crippen MR) is 92.7 cm³/mol. The molecular formula is C20H21NO3. The van der Waals surface area contributed by atoms with Crippen molar-refractivity contribution in [2.45, 2.75) is 32.2 Å². The fraction of sp³-hybridized carbons (Fsp3) is 0.300. The summed E-state index contributed by atoms with van der Waals surface area (Å²) in [6.45, 7) is 3.77. The van der Waals surface area contributed by atoms with Gasteiger partial charge in [0.05, 0.1) is 5.92 Å². The van der Waals surface area contributed by atoms with Crippen LogP contribution in [0.15, 0.2) is 48.5 Å². The Morgan fingerprint density at radius 2 is 1.54 bits per heavy atom. The lowest BCUT2D eigenvalue weighted by atomic mass is 9.93. The Hall–Kier alpha value is -2.62. The lowest BCUT2D eigenvalue weighted by Gasteiger charge is -2.23. The molecule has 2 atom stereocenters. The van der Waals surface area contributed by atoms with Gasteiger partial charge in [-0.2, -0.15) is 0 Å². The van der Waals surface area contributed by atoms with Crippen molar-refractivity contribution < 1.29 is 14.7 Å². The molecule has 24 heavy (non-hydrogen) atoms. The molecule has 2 N–H and O–H groups in total. The van der Waals surface area contributed by atoms with Crippen molar-refractivity contribution in [2.75, 3.05) is 0 Å². The molecule has 0 spiro atoms. The molecule has 0 radical (unpaired) electrons. The second-order valence-electron chi connectivity index (χ2n) is 6.32. The average molecular weight is 323 g/mol. The van der Waals surface area contributed by atoms with Crippen molar-refractivity contribution in [3.8, 4) is 11.1 Å². The molecule has 0 bridgehead atoms. The molecule has 2 aromatic rings. The number of hydrogen-bond acceptors (Lipinski definition) is 2. The standard InChI is InChI=1S/C20H21NO3/c1-3-12(2)18(20(23)24)21-19(22)17-15-10-6-4-8-13(15)14-9-5-7-11-16(14)17/h4-12,17-18H,3H2,1-2H3,(H,21,22)(H,23,24)/t12-,18+/m1/s1. The lowest BCUT2D eigenvalue weighted by Crippen LogP contribution is -2.46. The van der Waals surface area contributed by atoms with E-state index in [1.807, 2.05) is 62.4 Å². The van der Waals surface area contributed by atoms with Crippen LogP contribution < -0.4 is 5.32 Å². The number of carbonyl (C=O) groups is 2. The Bertz CT molecular complexity index is 738. The summed E-state index contributed by atoms with van der Waals surface area (Å²) in [5, 5.41) is 12.2. The van der Waals surface area contributed by atoms with E-state index in [2.05, 4.69) is 5.32 Å². The number of benzene rings is 2. The molecule has 0 saturated carbocycles. The zero-order chi connectivity index (χ0) is 17.3. The van der Waals surface area contributed by atoms with E-state index in [0.717, 1.165) is 22.3 Å². The van der Waals surface area contributed by atoms with Gasteiger partial charge in [0.15, 0.2) is 0 Å². The van der Waals surface area contributed by atoms with E-state index in [0.29, 0.717) is 6.42 Å². The van der Waals surface area contributed by atoms with E-state index in [1.165, 1.54) is 0 Å². The van der Waals surface area contributed by atoms with Crippen molar-refractivity contribution in [3.05, 3.63) is 59.7 Å². The van der Waals surface area contributed by atoms with Crippen LogP contribution in [-0.4, -0.2) is 23.0 Å². The molecule has 1 aliphatic carbocycles. The second-order valence-corrected chi connectivity index (χ2v) is 6.32. The maximum Gasteiger partial charge on any atom is 0.326 e. The number of nitrogens with one attached hydrogen (secondary N) is 1. The molecule has 0 heterocycles. The first-order chi connectivity index (χ1) is 11.5. The normalized spacial score (nSPS) is 15.2. The van der Waals surface area contributed by atoms with Gasteiger partial charge in [-0.3, -0.25) is 4.79 Å². The first-order valence-electron chi connectivity index (χ1n) is 8.26. The van der Waals surface area contributed by atoms with Gasteiger partial charge >= 0.3 is 5.97 Å². The molecule has 1 aliphatic rings. The monoisotopic (exact) mass is 323 g/mol. The maximum absolute atomic E-state index is 12.9. The molecule has 1 amide bonds. The summed E-state index contributed by atoms with van der Waals surface area (Å²) in [6, 6.07) is 14.8. The maximum atomic E-state index is 12.9. The molecule has 0 saturated heterocycles. The molecule has 0 fully saturated rings. The Balaban J connectivity index is 1.97. The number of rotatable bonds is 5. The molecule has 0 aromatic heterocycles. The van der Waals surface area contributed by atoms with Gasteiger partial charge < -0.3 is 10.4 Å². The summed E-state index contributed by atoms with van der Waals surface area (Å²) < 4.78 is 0. The second kappa shape index (κ2) is 6.48. The third-order valence-corrected chi connectivity index (χ3v) is 4.87. The zero-order valence-electron chi connectivity index (χ0n) is 13.8. The highest BCUT2D eigenvalue weighted by Gasteiger charge is 2.36. The predicted octanol–water partition coefficient (Wildman–Crippen LogP) is 3.41. The van der Waals surface area contributed by atoms with Crippen molar-refractivity contribution in [3.63, 3.8) is 0 Å². The number of hydrogen-bond donors (Lipinski definition) is 2. The molecule has 4 heteroatoms. The average Bonchev–Trinajstić information content (AvgIpc) is 2.93. The van der Waals surface area contributed by atoms with E-state index in [9.17, 15) is 14.7 Å². The minimum Gasteiger partial charge on any atom is -0.480 e. The van der Waals surface area contributed by atoms with Gasteiger partial charge in [-0.15, -0.1) is 0 Å². The first kappa shape index (κ1) is 16.2. The summed E-state index contributed by atoms with van der Waals surface area (Å²) in [5.41, 5.74) is 3.96.